The van der Waals surface area contributed by atoms with Gasteiger partial charge in [-0.2, -0.15) is 0 Å². The molecule has 0 amide bonds. The lowest BCUT2D eigenvalue weighted by molar-refractivity contribution is 0.186. The first-order chi connectivity index (χ1) is 7.63. The van der Waals surface area contributed by atoms with Crippen molar-refractivity contribution in [2.24, 2.45) is 5.92 Å². The van der Waals surface area contributed by atoms with E-state index in [1.165, 1.54) is 5.56 Å². The zero-order valence-corrected chi connectivity index (χ0v) is 11.2. The maximum Gasteiger partial charge on any atom is 0.124 e. The summed E-state index contributed by atoms with van der Waals surface area (Å²) in [5, 5.41) is 3.47. The summed E-state index contributed by atoms with van der Waals surface area (Å²) in [5.41, 5.74) is 1.24. The van der Waals surface area contributed by atoms with Gasteiger partial charge >= 0.3 is 0 Å². The van der Waals surface area contributed by atoms with Gasteiger partial charge in [-0.1, -0.05) is 35.8 Å². The first-order valence-corrected chi connectivity index (χ1v) is 6.61. The Morgan fingerprint density at radius 2 is 2.25 bits per heavy atom. The molecule has 0 aromatic heterocycles. The van der Waals surface area contributed by atoms with Crippen LogP contribution in [0.25, 0.3) is 0 Å². The number of rotatable bonds is 3. The molecule has 0 spiro atoms. The van der Waals surface area contributed by atoms with Crippen molar-refractivity contribution in [2.45, 2.75) is 32.2 Å². The standard InChI is InChI=1S/C13H17BrFN/c1-3-16-13-7-11(8(13)2)10-5-4-9(15)6-12(10)14/h4-6,8,11,13,16H,3,7H2,1-2H3. The number of hydrogen-bond acceptors (Lipinski definition) is 1. The molecule has 1 fully saturated rings. The van der Waals surface area contributed by atoms with E-state index >= 15 is 0 Å². The fourth-order valence-corrected chi connectivity index (χ4v) is 3.18. The van der Waals surface area contributed by atoms with Crippen LogP contribution in [0.15, 0.2) is 22.7 Å². The van der Waals surface area contributed by atoms with Crippen molar-refractivity contribution in [1.82, 2.24) is 5.32 Å². The maximum atomic E-state index is 13.0. The molecular weight excluding hydrogens is 269 g/mol. The molecule has 2 rings (SSSR count). The van der Waals surface area contributed by atoms with Gasteiger partial charge in [-0.25, -0.2) is 4.39 Å². The SMILES string of the molecule is CCNC1CC(c2ccc(F)cc2Br)C1C. The second-order valence-electron chi connectivity index (χ2n) is 4.53. The van der Waals surface area contributed by atoms with Crippen LogP contribution in [0, 0.1) is 11.7 Å². The van der Waals surface area contributed by atoms with E-state index in [2.05, 4.69) is 35.1 Å². The zero-order chi connectivity index (χ0) is 11.7. The van der Waals surface area contributed by atoms with Crippen LogP contribution >= 0.6 is 15.9 Å². The highest BCUT2D eigenvalue weighted by atomic mass is 79.9. The average Bonchev–Trinajstić information content (AvgIpc) is 2.25. The summed E-state index contributed by atoms with van der Waals surface area (Å²) in [6.07, 6.45) is 1.15. The number of nitrogens with one attached hydrogen (secondary N) is 1. The van der Waals surface area contributed by atoms with E-state index in [1.54, 1.807) is 12.1 Å². The molecule has 16 heavy (non-hydrogen) atoms. The number of halogens is 2. The lowest BCUT2D eigenvalue weighted by Crippen LogP contribution is -2.47. The second kappa shape index (κ2) is 4.84. The van der Waals surface area contributed by atoms with Crippen LogP contribution in [0.4, 0.5) is 4.39 Å². The van der Waals surface area contributed by atoms with E-state index in [0.717, 1.165) is 17.4 Å². The first kappa shape index (κ1) is 12.1. The van der Waals surface area contributed by atoms with Gasteiger partial charge in [-0.3, -0.25) is 0 Å². The Morgan fingerprint density at radius 3 is 2.81 bits per heavy atom. The van der Waals surface area contributed by atoms with Crippen LogP contribution in [0.2, 0.25) is 0 Å². The molecule has 1 aromatic rings. The zero-order valence-electron chi connectivity index (χ0n) is 9.63. The molecular formula is C13H17BrFN. The lowest BCUT2D eigenvalue weighted by atomic mass is 9.67. The molecule has 3 atom stereocenters. The van der Waals surface area contributed by atoms with Gasteiger partial charge in [0.25, 0.3) is 0 Å². The summed E-state index contributed by atoms with van der Waals surface area (Å²) in [5.74, 6) is 1.01. The van der Waals surface area contributed by atoms with Crippen molar-refractivity contribution in [3.63, 3.8) is 0 Å². The Balaban J connectivity index is 2.10. The topological polar surface area (TPSA) is 12.0 Å². The van der Waals surface area contributed by atoms with E-state index in [0.29, 0.717) is 17.9 Å². The summed E-state index contributed by atoms with van der Waals surface area (Å²) in [6.45, 7) is 5.41. The molecule has 1 N–H and O–H groups in total. The van der Waals surface area contributed by atoms with Crippen LogP contribution in [0.3, 0.4) is 0 Å². The van der Waals surface area contributed by atoms with Gasteiger partial charge in [-0.05, 0) is 42.5 Å². The maximum absolute atomic E-state index is 13.0. The smallest absolute Gasteiger partial charge is 0.124 e. The summed E-state index contributed by atoms with van der Waals surface area (Å²) < 4.78 is 13.9. The van der Waals surface area contributed by atoms with Crippen molar-refractivity contribution in [1.29, 1.82) is 0 Å². The molecule has 1 aliphatic carbocycles. The third kappa shape index (κ3) is 2.16. The molecule has 3 heteroatoms. The highest BCUT2D eigenvalue weighted by Gasteiger charge is 2.38. The highest BCUT2D eigenvalue weighted by molar-refractivity contribution is 9.10. The predicted molar refractivity (Wildman–Crippen MR) is 68.1 cm³/mol. The summed E-state index contributed by atoms with van der Waals surface area (Å²) in [4.78, 5) is 0. The van der Waals surface area contributed by atoms with Crippen molar-refractivity contribution in [3.8, 4) is 0 Å². The van der Waals surface area contributed by atoms with Crippen molar-refractivity contribution < 1.29 is 4.39 Å². The first-order valence-electron chi connectivity index (χ1n) is 5.81. The van der Waals surface area contributed by atoms with Gasteiger partial charge in [-0.15, -0.1) is 0 Å². The van der Waals surface area contributed by atoms with Crippen LogP contribution in [0.5, 0.6) is 0 Å². The van der Waals surface area contributed by atoms with Gasteiger partial charge in [0.2, 0.25) is 0 Å². The normalized spacial score (nSPS) is 28.9. The Labute approximate surface area is 105 Å². The quantitative estimate of drug-likeness (QED) is 0.893. The Hall–Kier alpha value is -0.410. The average molecular weight is 286 g/mol. The highest BCUT2D eigenvalue weighted by Crippen LogP contribution is 2.44. The molecule has 0 saturated heterocycles. The molecule has 0 heterocycles. The van der Waals surface area contributed by atoms with Crippen LogP contribution < -0.4 is 5.32 Å². The fourth-order valence-electron chi connectivity index (χ4n) is 2.53. The molecule has 88 valence electrons. The van der Waals surface area contributed by atoms with E-state index < -0.39 is 0 Å². The third-order valence-electron chi connectivity index (χ3n) is 3.61. The van der Waals surface area contributed by atoms with Gasteiger partial charge in [0.05, 0.1) is 0 Å². The minimum atomic E-state index is -0.175. The molecule has 0 radical (unpaired) electrons. The van der Waals surface area contributed by atoms with Gasteiger partial charge in [0.1, 0.15) is 5.82 Å². The monoisotopic (exact) mass is 285 g/mol. The third-order valence-corrected chi connectivity index (χ3v) is 4.29. The summed E-state index contributed by atoms with van der Waals surface area (Å²) in [6, 6.07) is 5.63. The Bertz CT molecular complexity index is 380. The van der Waals surface area contributed by atoms with Crippen molar-refractivity contribution >= 4 is 15.9 Å². The number of benzene rings is 1. The second-order valence-corrected chi connectivity index (χ2v) is 5.39. The van der Waals surface area contributed by atoms with E-state index in [9.17, 15) is 4.39 Å². The molecule has 1 nitrogen and oxygen atoms in total. The van der Waals surface area contributed by atoms with E-state index in [-0.39, 0.29) is 5.82 Å². The molecule has 1 aliphatic rings. The molecule has 0 bridgehead atoms. The van der Waals surface area contributed by atoms with Crippen molar-refractivity contribution in [2.75, 3.05) is 6.54 Å². The Kier molecular flexibility index (Phi) is 3.65. The van der Waals surface area contributed by atoms with Crippen LogP contribution in [0.1, 0.15) is 31.7 Å². The lowest BCUT2D eigenvalue weighted by Gasteiger charge is -2.44. The fraction of sp³-hybridized carbons (Fsp3) is 0.538. The van der Waals surface area contributed by atoms with Crippen molar-refractivity contribution in [3.05, 3.63) is 34.1 Å². The summed E-state index contributed by atoms with van der Waals surface area (Å²) >= 11 is 3.45. The van der Waals surface area contributed by atoms with Gasteiger partial charge < -0.3 is 5.32 Å². The molecule has 1 saturated carbocycles. The number of hydrogen-bond donors (Lipinski definition) is 1. The minimum absolute atomic E-state index is 0.175. The Morgan fingerprint density at radius 1 is 1.50 bits per heavy atom. The molecule has 1 aromatic carbocycles. The predicted octanol–water partition coefficient (Wildman–Crippen LogP) is 3.69. The molecule has 0 aliphatic heterocycles. The van der Waals surface area contributed by atoms with Crippen LogP contribution in [-0.4, -0.2) is 12.6 Å². The minimum Gasteiger partial charge on any atom is -0.314 e. The van der Waals surface area contributed by atoms with Gasteiger partial charge in [0, 0.05) is 10.5 Å². The summed E-state index contributed by atoms with van der Waals surface area (Å²) in [7, 11) is 0. The van der Waals surface area contributed by atoms with E-state index in [4.69, 9.17) is 0 Å². The van der Waals surface area contributed by atoms with Crippen LogP contribution in [-0.2, 0) is 0 Å². The largest absolute Gasteiger partial charge is 0.314 e. The molecule has 3 unspecified atom stereocenters. The van der Waals surface area contributed by atoms with Gasteiger partial charge in [0.15, 0.2) is 0 Å². The van der Waals surface area contributed by atoms with E-state index in [1.807, 2.05) is 6.07 Å².